The number of benzene rings is 2. The predicted molar refractivity (Wildman–Crippen MR) is 67.7 cm³/mol. The molecule has 0 aliphatic heterocycles. The highest BCUT2D eigenvalue weighted by molar-refractivity contribution is 6.17. The molecular weight excluding hydrogens is 210 g/mol. The Balaban J connectivity index is 2.38. The van der Waals surface area contributed by atoms with Gasteiger partial charge in [0.05, 0.1) is 16.6 Å². The Kier molecular flexibility index (Phi) is 1.56. The van der Waals surface area contributed by atoms with Gasteiger partial charge in [-0.05, 0) is 12.1 Å². The molecule has 0 unspecified atom stereocenters. The second kappa shape index (κ2) is 3.04. The summed E-state index contributed by atoms with van der Waals surface area (Å²) in [6.45, 7) is 0. The summed E-state index contributed by atoms with van der Waals surface area (Å²) in [5, 5.41) is 2.27. The summed E-state index contributed by atoms with van der Waals surface area (Å²) in [6.07, 6.45) is 3.43. The number of rotatable bonds is 0. The van der Waals surface area contributed by atoms with Crippen molar-refractivity contribution in [2.75, 3.05) is 0 Å². The number of para-hydroxylation sites is 1. The lowest BCUT2D eigenvalue weighted by Gasteiger charge is -1.97. The second-order valence-corrected chi connectivity index (χ2v) is 4.00. The molecular formula is C14H8N3. The smallest absolute Gasteiger partial charge is 0.0987 e. The SMILES string of the molecule is [c]1cc2nccnc2c2c1[nH]c1ccccc12. The minimum Gasteiger partial charge on any atom is -0.354 e. The number of aromatic nitrogens is 3. The van der Waals surface area contributed by atoms with Gasteiger partial charge >= 0.3 is 0 Å². The van der Waals surface area contributed by atoms with E-state index in [1.165, 1.54) is 5.39 Å². The van der Waals surface area contributed by atoms with Crippen LogP contribution in [0, 0.1) is 6.07 Å². The number of nitrogens with zero attached hydrogens (tertiary/aromatic N) is 2. The van der Waals surface area contributed by atoms with Crippen molar-refractivity contribution in [1.82, 2.24) is 15.0 Å². The van der Waals surface area contributed by atoms with E-state index in [-0.39, 0.29) is 0 Å². The summed E-state index contributed by atoms with van der Waals surface area (Å²) in [5.74, 6) is 0. The molecule has 4 rings (SSSR count). The van der Waals surface area contributed by atoms with Gasteiger partial charge in [-0.3, -0.25) is 9.97 Å². The van der Waals surface area contributed by atoms with Crippen molar-refractivity contribution in [1.29, 1.82) is 0 Å². The summed E-state index contributed by atoms with van der Waals surface area (Å²) in [7, 11) is 0. The number of hydrogen-bond donors (Lipinski definition) is 1. The van der Waals surface area contributed by atoms with E-state index < -0.39 is 0 Å². The van der Waals surface area contributed by atoms with Crippen molar-refractivity contribution in [2.24, 2.45) is 0 Å². The fraction of sp³-hybridized carbons (Fsp3) is 0. The molecule has 17 heavy (non-hydrogen) atoms. The van der Waals surface area contributed by atoms with Gasteiger partial charge in [-0.2, -0.15) is 0 Å². The fourth-order valence-corrected chi connectivity index (χ4v) is 2.28. The van der Waals surface area contributed by atoms with E-state index in [1.807, 2.05) is 18.2 Å². The lowest BCUT2D eigenvalue weighted by atomic mass is 10.1. The van der Waals surface area contributed by atoms with Crippen LogP contribution in [-0.4, -0.2) is 15.0 Å². The molecule has 1 radical (unpaired) electrons. The van der Waals surface area contributed by atoms with E-state index in [4.69, 9.17) is 0 Å². The first-order valence-corrected chi connectivity index (χ1v) is 5.45. The Labute approximate surface area is 97.1 Å². The van der Waals surface area contributed by atoms with Crippen LogP contribution in [0.1, 0.15) is 0 Å². The molecule has 2 aromatic heterocycles. The van der Waals surface area contributed by atoms with Crippen molar-refractivity contribution >= 4 is 32.8 Å². The van der Waals surface area contributed by atoms with Crippen molar-refractivity contribution in [3.05, 3.63) is 48.8 Å². The topological polar surface area (TPSA) is 41.6 Å². The molecule has 0 saturated heterocycles. The van der Waals surface area contributed by atoms with Crippen LogP contribution in [0.5, 0.6) is 0 Å². The molecule has 4 aromatic rings. The van der Waals surface area contributed by atoms with Gasteiger partial charge in [0.25, 0.3) is 0 Å². The minimum atomic E-state index is 0.879. The summed E-state index contributed by atoms with van der Waals surface area (Å²) < 4.78 is 0. The van der Waals surface area contributed by atoms with Gasteiger partial charge in [0.2, 0.25) is 0 Å². The summed E-state index contributed by atoms with van der Waals surface area (Å²) >= 11 is 0. The molecule has 3 nitrogen and oxygen atoms in total. The van der Waals surface area contributed by atoms with Crippen LogP contribution in [-0.2, 0) is 0 Å². The van der Waals surface area contributed by atoms with Crippen molar-refractivity contribution in [2.45, 2.75) is 0 Å². The lowest BCUT2D eigenvalue weighted by Crippen LogP contribution is -1.82. The van der Waals surface area contributed by atoms with Crippen molar-refractivity contribution in [3.8, 4) is 0 Å². The molecule has 0 bridgehead atoms. The number of hydrogen-bond acceptors (Lipinski definition) is 2. The van der Waals surface area contributed by atoms with Gasteiger partial charge in [-0.25, -0.2) is 0 Å². The van der Waals surface area contributed by atoms with Gasteiger partial charge in [-0.15, -0.1) is 0 Å². The molecule has 0 spiro atoms. The average molecular weight is 218 g/mol. The van der Waals surface area contributed by atoms with Crippen LogP contribution in [0.15, 0.2) is 42.7 Å². The highest BCUT2D eigenvalue weighted by Crippen LogP contribution is 2.29. The van der Waals surface area contributed by atoms with E-state index in [0.29, 0.717) is 0 Å². The summed E-state index contributed by atoms with van der Waals surface area (Å²) in [6, 6.07) is 13.3. The van der Waals surface area contributed by atoms with Crippen molar-refractivity contribution < 1.29 is 0 Å². The predicted octanol–water partition coefficient (Wildman–Crippen LogP) is 3.06. The van der Waals surface area contributed by atoms with Gasteiger partial charge < -0.3 is 4.98 Å². The van der Waals surface area contributed by atoms with E-state index in [2.05, 4.69) is 33.2 Å². The zero-order valence-corrected chi connectivity index (χ0v) is 8.94. The van der Waals surface area contributed by atoms with Crippen LogP contribution < -0.4 is 0 Å². The van der Waals surface area contributed by atoms with Crippen molar-refractivity contribution in [3.63, 3.8) is 0 Å². The molecule has 2 aromatic carbocycles. The Hall–Kier alpha value is -2.42. The molecule has 0 aliphatic carbocycles. The molecule has 2 heterocycles. The molecule has 1 N–H and O–H groups in total. The normalized spacial score (nSPS) is 11.5. The molecule has 0 saturated carbocycles. The number of H-pyrrole nitrogens is 1. The van der Waals surface area contributed by atoms with E-state index in [9.17, 15) is 0 Å². The first-order valence-electron chi connectivity index (χ1n) is 5.45. The van der Waals surface area contributed by atoms with Gasteiger partial charge in [0.1, 0.15) is 0 Å². The Morgan fingerprint density at radius 3 is 2.94 bits per heavy atom. The Morgan fingerprint density at radius 1 is 1.06 bits per heavy atom. The average Bonchev–Trinajstić information content (AvgIpc) is 2.77. The lowest BCUT2D eigenvalue weighted by molar-refractivity contribution is 1.30. The number of aromatic amines is 1. The summed E-state index contributed by atoms with van der Waals surface area (Å²) in [4.78, 5) is 12.1. The van der Waals surface area contributed by atoms with Crippen LogP contribution in [0.3, 0.4) is 0 Å². The van der Waals surface area contributed by atoms with Crippen LogP contribution in [0.2, 0.25) is 0 Å². The quantitative estimate of drug-likeness (QED) is 0.493. The van der Waals surface area contributed by atoms with Gasteiger partial charge in [0.15, 0.2) is 0 Å². The second-order valence-electron chi connectivity index (χ2n) is 4.00. The minimum absolute atomic E-state index is 0.879. The Morgan fingerprint density at radius 2 is 1.94 bits per heavy atom. The molecule has 3 heteroatoms. The number of fused-ring (bicyclic) bond motifs is 5. The number of nitrogens with one attached hydrogen (secondary N) is 1. The maximum atomic E-state index is 4.43. The Bertz CT molecular complexity index is 840. The highest BCUT2D eigenvalue weighted by Gasteiger charge is 2.08. The fourth-order valence-electron chi connectivity index (χ4n) is 2.28. The van der Waals surface area contributed by atoms with Gasteiger partial charge in [0, 0.05) is 34.7 Å². The molecule has 0 fully saturated rings. The third-order valence-corrected chi connectivity index (χ3v) is 3.02. The highest BCUT2D eigenvalue weighted by atomic mass is 14.8. The molecule has 0 atom stereocenters. The van der Waals surface area contributed by atoms with Crippen LogP contribution in [0.4, 0.5) is 0 Å². The largest absolute Gasteiger partial charge is 0.354 e. The molecule has 0 amide bonds. The van der Waals surface area contributed by atoms with E-state index >= 15 is 0 Å². The summed E-state index contributed by atoms with van der Waals surface area (Å²) in [5.41, 5.74) is 3.90. The zero-order valence-electron chi connectivity index (χ0n) is 8.94. The molecule has 0 aliphatic rings. The van der Waals surface area contributed by atoms with Crippen LogP contribution in [0.25, 0.3) is 32.8 Å². The zero-order chi connectivity index (χ0) is 11.2. The standard InChI is InChI=1S/C14H8N3/c1-2-4-10-9(3-1)13-11(17-10)5-6-12-14(13)16-8-7-15-12/h1-4,6-8,17H. The maximum absolute atomic E-state index is 4.43. The van der Waals surface area contributed by atoms with E-state index in [1.54, 1.807) is 12.4 Å². The molecule has 79 valence electrons. The maximum Gasteiger partial charge on any atom is 0.0987 e. The third kappa shape index (κ3) is 1.11. The van der Waals surface area contributed by atoms with E-state index in [0.717, 1.165) is 27.5 Å². The first-order chi connectivity index (χ1) is 8.43. The van der Waals surface area contributed by atoms with Gasteiger partial charge in [-0.1, -0.05) is 18.2 Å². The first kappa shape index (κ1) is 8.70. The monoisotopic (exact) mass is 218 g/mol. The van der Waals surface area contributed by atoms with Crippen LogP contribution >= 0.6 is 0 Å². The third-order valence-electron chi connectivity index (χ3n) is 3.02.